The van der Waals surface area contributed by atoms with Crippen molar-refractivity contribution in [2.75, 3.05) is 0 Å². The molecule has 0 bridgehead atoms. The van der Waals surface area contributed by atoms with Gasteiger partial charge in [0.15, 0.2) is 5.82 Å². The molecule has 8 aromatic rings. The van der Waals surface area contributed by atoms with Crippen LogP contribution in [0.25, 0.3) is 78.1 Å². The minimum absolute atomic E-state index is 0.658. The lowest BCUT2D eigenvalue weighted by atomic mass is 9.97. The number of rotatable bonds is 5. The van der Waals surface area contributed by atoms with Gasteiger partial charge < -0.3 is 0 Å². The molecule has 3 heterocycles. The van der Waals surface area contributed by atoms with Crippen LogP contribution in [-0.2, 0) is 0 Å². The Bertz CT molecular complexity index is 2300. The average molecular weight is 577 g/mol. The summed E-state index contributed by atoms with van der Waals surface area (Å²) in [5.41, 5.74) is 11.6. The molecule has 5 aromatic carbocycles. The van der Waals surface area contributed by atoms with Crippen molar-refractivity contribution in [2.45, 2.75) is 6.92 Å². The first-order valence-electron chi connectivity index (χ1n) is 15.1. The summed E-state index contributed by atoms with van der Waals surface area (Å²) in [5, 5.41) is 2.12. The van der Waals surface area contributed by atoms with E-state index >= 15 is 0 Å². The lowest BCUT2D eigenvalue weighted by Gasteiger charge is -2.14. The smallest absolute Gasteiger partial charge is 0.160 e. The second-order valence-electron chi connectivity index (χ2n) is 11.2. The van der Waals surface area contributed by atoms with Crippen molar-refractivity contribution in [2.24, 2.45) is 0 Å². The molecule has 212 valence electrons. The van der Waals surface area contributed by atoms with Crippen molar-refractivity contribution in [3.05, 3.63) is 157 Å². The van der Waals surface area contributed by atoms with E-state index in [9.17, 15) is 0 Å². The fourth-order valence-corrected chi connectivity index (χ4v) is 5.86. The molecule has 4 heteroatoms. The van der Waals surface area contributed by atoms with Crippen LogP contribution in [0.15, 0.2) is 152 Å². The van der Waals surface area contributed by atoms with Gasteiger partial charge in [0.05, 0.1) is 28.1 Å². The molecular formula is C41H28N4. The number of aryl methyl sites for hydroxylation is 1. The summed E-state index contributed by atoms with van der Waals surface area (Å²) in [7, 11) is 0. The zero-order valence-corrected chi connectivity index (χ0v) is 24.7. The van der Waals surface area contributed by atoms with Crippen LogP contribution < -0.4 is 0 Å². The van der Waals surface area contributed by atoms with Gasteiger partial charge in [-0.25, -0.2) is 15.0 Å². The van der Waals surface area contributed by atoms with Crippen molar-refractivity contribution in [1.82, 2.24) is 19.9 Å². The number of hydrogen-bond donors (Lipinski definition) is 0. The van der Waals surface area contributed by atoms with Gasteiger partial charge in [-0.05, 0) is 47.4 Å². The monoisotopic (exact) mass is 576 g/mol. The lowest BCUT2D eigenvalue weighted by molar-refractivity contribution is 1.17. The number of pyridine rings is 2. The summed E-state index contributed by atoms with van der Waals surface area (Å²) in [5.74, 6) is 0.658. The first-order chi connectivity index (χ1) is 22.2. The highest BCUT2D eigenvalue weighted by atomic mass is 14.9. The van der Waals surface area contributed by atoms with E-state index < -0.39 is 0 Å². The van der Waals surface area contributed by atoms with E-state index in [1.807, 2.05) is 55.5 Å². The maximum Gasteiger partial charge on any atom is 0.160 e. The fourth-order valence-electron chi connectivity index (χ4n) is 5.86. The van der Waals surface area contributed by atoms with Crippen molar-refractivity contribution in [3.8, 4) is 56.3 Å². The van der Waals surface area contributed by atoms with E-state index in [1.54, 1.807) is 0 Å². The van der Waals surface area contributed by atoms with E-state index in [1.165, 1.54) is 5.56 Å². The largest absolute Gasteiger partial charge is 0.251 e. The Kier molecular flexibility index (Phi) is 6.65. The number of benzene rings is 5. The van der Waals surface area contributed by atoms with Crippen LogP contribution >= 0.6 is 0 Å². The van der Waals surface area contributed by atoms with Crippen LogP contribution in [-0.4, -0.2) is 19.9 Å². The van der Waals surface area contributed by atoms with Crippen molar-refractivity contribution < 1.29 is 0 Å². The van der Waals surface area contributed by atoms with E-state index in [0.29, 0.717) is 5.82 Å². The number of aromatic nitrogens is 4. The second-order valence-corrected chi connectivity index (χ2v) is 11.2. The number of hydrogen-bond acceptors (Lipinski definition) is 4. The predicted molar refractivity (Wildman–Crippen MR) is 185 cm³/mol. The van der Waals surface area contributed by atoms with Gasteiger partial charge >= 0.3 is 0 Å². The van der Waals surface area contributed by atoms with Gasteiger partial charge in [0.25, 0.3) is 0 Å². The quantitative estimate of drug-likeness (QED) is 0.191. The third-order valence-electron chi connectivity index (χ3n) is 8.17. The molecule has 45 heavy (non-hydrogen) atoms. The molecule has 0 spiro atoms. The Balaban J connectivity index is 1.36. The van der Waals surface area contributed by atoms with Gasteiger partial charge in [-0.15, -0.1) is 0 Å². The Morgan fingerprint density at radius 2 is 0.933 bits per heavy atom. The van der Waals surface area contributed by atoms with Crippen molar-refractivity contribution >= 4 is 21.8 Å². The molecule has 3 aromatic heterocycles. The zero-order valence-electron chi connectivity index (χ0n) is 24.7. The summed E-state index contributed by atoms with van der Waals surface area (Å²) in [4.78, 5) is 20.4. The van der Waals surface area contributed by atoms with Gasteiger partial charge in [0.1, 0.15) is 0 Å². The topological polar surface area (TPSA) is 51.6 Å². The van der Waals surface area contributed by atoms with Gasteiger partial charge in [-0.2, -0.15) is 0 Å². The second kappa shape index (κ2) is 11.3. The Hall–Kier alpha value is -6.00. The molecule has 0 aliphatic carbocycles. The van der Waals surface area contributed by atoms with E-state index in [2.05, 4.69) is 103 Å². The van der Waals surface area contributed by atoms with Gasteiger partial charge in [-0.3, -0.25) is 4.98 Å². The van der Waals surface area contributed by atoms with Gasteiger partial charge in [-0.1, -0.05) is 133 Å². The standard InChI is InChI=1S/C41H28N4/c1-27-17-18-32-23-24-34-35(30-13-7-3-8-14-30)25-37(43-40(34)39(32)42-27)38-26-36(44-41(45-38)33-15-9-4-10-16-33)31-21-19-29(20-22-31)28-11-5-2-6-12-28/h2-26H,1H3. The highest BCUT2D eigenvalue weighted by Gasteiger charge is 2.17. The molecule has 8 rings (SSSR count). The molecule has 0 radical (unpaired) electrons. The predicted octanol–water partition coefficient (Wildman–Crippen LogP) is 10.2. The third-order valence-corrected chi connectivity index (χ3v) is 8.17. The van der Waals surface area contributed by atoms with Gasteiger partial charge in [0, 0.05) is 27.6 Å². The van der Waals surface area contributed by atoms with Crippen LogP contribution in [0.5, 0.6) is 0 Å². The Morgan fingerprint density at radius 3 is 1.64 bits per heavy atom. The SMILES string of the molecule is Cc1ccc2ccc3c(-c4ccccc4)cc(-c4cc(-c5ccc(-c6ccccc6)cc5)nc(-c5ccccc5)n4)nc3c2n1. The molecule has 0 saturated heterocycles. The van der Waals surface area contributed by atoms with Crippen LogP contribution in [0.4, 0.5) is 0 Å². The molecule has 0 fully saturated rings. The molecule has 0 aliphatic rings. The van der Waals surface area contributed by atoms with Crippen molar-refractivity contribution in [1.29, 1.82) is 0 Å². The molecule has 0 aliphatic heterocycles. The van der Waals surface area contributed by atoms with Crippen LogP contribution in [0, 0.1) is 6.92 Å². The number of nitrogens with zero attached hydrogens (tertiary/aromatic N) is 4. The van der Waals surface area contributed by atoms with Crippen LogP contribution in [0.3, 0.4) is 0 Å². The fraction of sp³-hybridized carbons (Fsp3) is 0.0244. The average Bonchev–Trinajstić information content (AvgIpc) is 3.12. The van der Waals surface area contributed by atoms with Gasteiger partial charge in [0.2, 0.25) is 0 Å². The molecule has 0 unspecified atom stereocenters. The normalized spacial score (nSPS) is 11.2. The maximum absolute atomic E-state index is 5.27. The minimum Gasteiger partial charge on any atom is -0.251 e. The molecule has 0 atom stereocenters. The summed E-state index contributed by atoms with van der Waals surface area (Å²) < 4.78 is 0. The van der Waals surface area contributed by atoms with E-state index in [0.717, 1.165) is 72.4 Å². The zero-order chi connectivity index (χ0) is 30.2. The molecule has 0 amide bonds. The highest BCUT2D eigenvalue weighted by molar-refractivity contribution is 6.09. The maximum atomic E-state index is 5.27. The first kappa shape index (κ1) is 26.6. The first-order valence-corrected chi connectivity index (χ1v) is 15.1. The Morgan fingerprint density at radius 1 is 0.378 bits per heavy atom. The van der Waals surface area contributed by atoms with Crippen molar-refractivity contribution in [3.63, 3.8) is 0 Å². The molecule has 4 nitrogen and oxygen atoms in total. The summed E-state index contributed by atoms with van der Waals surface area (Å²) in [6.45, 7) is 2.02. The van der Waals surface area contributed by atoms with Crippen LogP contribution in [0.2, 0.25) is 0 Å². The molecule has 0 N–H and O–H groups in total. The highest BCUT2D eigenvalue weighted by Crippen LogP contribution is 2.36. The third kappa shape index (κ3) is 5.13. The Labute approximate surface area is 261 Å². The van der Waals surface area contributed by atoms with Crippen LogP contribution in [0.1, 0.15) is 5.69 Å². The summed E-state index contributed by atoms with van der Waals surface area (Å²) in [6.07, 6.45) is 0. The summed E-state index contributed by atoms with van der Waals surface area (Å²) in [6, 6.07) is 52.2. The van der Waals surface area contributed by atoms with E-state index in [-0.39, 0.29) is 0 Å². The lowest BCUT2D eigenvalue weighted by Crippen LogP contribution is -1.99. The molecule has 0 saturated carbocycles. The van der Waals surface area contributed by atoms with E-state index in [4.69, 9.17) is 19.9 Å². The minimum atomic E-state index is 0.658. The molecular weight excluding hydrogens is 548 g/mol. The number of fused-ring (bicyclic) bond motifs is 3. The summed E-state index contributed by atoms with van der Waals surface area (Å²) >= 11 is 0.